The molecule has 31 heavy (non-hydrogen) atoms. The molecule has 0 spiro atoms. The second-order valence-electron chi connectivity index (χ2n) is 6.78. The molecule has 0 bridgehead atoms. The van der Waals surface area contributed by atoms with Crippen LogP contribution in [0.5, 0.6) is 0 Å². The minimum absolute atomic E-state index is 0.00659. The van der Waals surface area contributed by atoms with Crippen LogP contribution in [-0.4, -0.2) is 26.4 Å². The van der Waals surface area contributed by atoms with E-state index in [0.717, 1.165) is 5.56 Å². The number of ether oxygens (including phenoxy) is 1. The van der Waals surface area contributed by atoms with Gasteiger partial charge in [-0.15, -0.1) is 0 Å². The monoisotopic (exact) mass is 442 g/mol. The van der Waals surface area contributed by atoms with E-state index < -0.39 is 28.0 Å². The van der Waals surface area contributed by atoms with Gasteiger partial charge in [0, 0.05) is 5.69 Å². The number of carbonyl (C=O) groups excluding carboxylic acids is 2. The van der Waals surface area contributed by atoms with Crippen molar-refractivity contribution >= 4 is 27.6 Å². The van der Waals surface area contributed by atoms with Gasteiger partial charge in [0.05, 0.1) is 23.3 Å². The van der Waals surface area contributed by atoms with E-state index in [1.807, 2.05) is 19.1 Å². The first kappa shape index (κ1) is 22.3. The first-order chi connectivity index (χ1) is 14.8. The van der Waals surface area contributed by atoms with Crippen LogP contribution in [0.15, 0.2) is 76.2 Å². The maximum atomic E-state index is 12.4. The number of esters is 1. The lowest BCUT2D eigenvalue weighted by Crippen LogP contribution is -2.30. The molecule has 0 aliphatic carbocycles. The number of carbonyl (C=O) groups is 2. The van der Waals surface area contributed by atoms with Crippen molar-refractivity contribution in [1.29, 1.82) is 0 Å². The topological polar surface area (TPSA) is 115 Å². The zero-order chi connectivity index (χ0) is 22.4. The van der Waals surface area contributed by atoms with Crippen LogP contribution in [0.2, 0.25) is 0 Å². The SMILES string of the molecule is Cc1ccccc1NC(=O)[C@H](C)OC(=O)c1ccc(S(=O)(=O)NCc2ccco2)cc1. The van der Waals surface area contributed by atoms with E-state index in [1.165, 1.54) is 37.5 Å². The van der Waals surface area contributed by atoms with Gasteiger partial charge in [0.25, 0.3) is 5.91 Å². The molecule has 0 fully saturated rings. The fourth-order valence-corrected chi connectivity index (χ4v) is 3.66. The van der Waals surface area contributed by atoms with E-state index in [2.05, 4.69) is 10.0 Å². The molecular formula is C22H22N2O6S. The largest absolute Gasteiger partial charge is 0.468 e. The minimum Gasteiger partial charge on any atom is -0.468 e. The molecule has 1 amide bonds. The van der Waals surface area contributed by atoms with Crippen molar-refractivity contribution in [3.8, 4) is 0 Å². The average Bonchev–Trinajstić information content (AvgIpc) is 3.28. The molecule has 1 atom stereocenters. The first-order valence-corrected chi connectivity index (χ1v) is 10.9. The number of para-hydroxylation sites is 1. The summed E-state index contributed by atoms with van der Waals surface area (Å²) in [5.41, 5.74) is 1.64. The van der Waals surface area contributed by atoms with Gasteiger partial charge in [-0.1, -0.05) is 18.2 Å². The third-order valence-electron chi connectivity index (χ3n) is 4.47. The molecule has 0 aliphatic rings. The summed E-state index contributed by atoms with van der Waals surface area (Å²) in [5, 5.41) is 2.71. The molecule has 3 rings (SSSR count). The molecule has 1 aromatic heterocycles. The highest BCUT2D eigenvalue weighted by Crippen LogP contribution is 2.15. The van der Waals surface area contributed by atoms with E-state index in [1.54, 1.807) is 24.3 Å². The maximum Gasteiger partial charge on any atom is 0.338 e. The van der Waals surface area contributed by atoms with Crippen molar-refractivity contribution in [1.82, 2.24) is 4.72 Å². The number of rotatable bonds is 8. The Balaban J connectivity index is 1.59. The Bertz CT molecular complexity index is 1150. The summed E-state index contributed by atoms with van der Waals surface area (Å²) in [6, 6.07) is 15.8. The van der Waals surface area contributed by atoms with Crippen molar-refractivity contribution in [2.24, 2.45) is 0 Å². The predicted molar refractivity (Wildman–Crippen MR) is 114 cm³/mol. The normalized spacial score (nSPS) is 12.2. The number of nitrogens with one attached hydrogen (secondary N) is 2. The summed E-state index contributed by atoms with van der Waals surface area (Å²) < 4.78 is 37.4. The van der Waals surface area contributed by atoms with Gasteiger partial charge in [-0.2, -0.15) is 0 Å². The fraction of sp³-hybridized carbons (Fsp3) is 0.182. The molecular weight excluding hydrogens is 420 g/mol. The Kier molecular flexibility index (Phi) is 6.88. The van der Waals surface area contributed by atoms with Crippen LogP contribution in [-0.2, 0) is 26.1 Å². The van der Waals surface area contributed by atoms with Gasteiger partial charge in [0.1, 0.15) is 5.76 Å². The average molecular weight is 442 g/mol. The zero-order valence-corrected chi connectivity index (χ0v) is 17.8. The molecule has 8 nitrogen and oxygen atoms in total. The molecule has 3 aromatic rings. The van der Waals surface area contributed by atoms with E-state index >= 15 is 0 Å². The maximum absolute atomic E-state index is 12.4. The lowest BCUT2D eigenvalue weighted by Gasteiger charge is -2.15. The number of amides is 1. The van der Waals surface area contributed by atoms with E-state index in [9.17, 15) is 18.0 Å². The molecule has 2 N–H and O–H groups in total. The van der Waals surface area contributed by atoms with Crippen LogP contribution < -0.4 is 10.0 Å². The van der Waals surface area contributed by atoms with Gasteiger partial charge in [0.15, 0.2) is 6.10 Å². The molecule has 0 saturated heterocycles. The van der Waals surface area contributed by atoms with Crippen molar-refractivity contribution in [3.63, 3.8) is 0 Å². The summed E-state index contributed by atoms with van der Waals surface area (Å²) in [5.74, 6) is -0.731. The quantitative estimate of drug-likeness (QED) is 0.518. The van der Waals surface area contributed by atoms with Crippen molar-refractivity contribution in [2.45, 2.75) is 31.4 Å². The third-order valence-corrected chi connectivity index (χ3v) is 5.89. The second-order valence-corrected chi connectivity index (χ2v) is 8.55. The van der Waals surface area contributed by atoms with E-state index in [0.29, 0.717) is 11.4 Å². The van der Waals surface area contributed by atoms with Crippen LogP contribution in [0.25, 0.3) is 0 Å². The fourth-order valence-electron chi connectivity index (χ4n) is 2.66. The molecule has 0 aliphatic heterocycles. The van der Waals surface area contributed by atoms with Gasteiger partial charge < -0.3 is 14.5 Å². The Labute approximate surface area is 180 Å². The number of hydrogen-bond acceptors (Lipinski definition) is 6. The molecule has 0 unspecified atom stereocenters. The number of hydrogen-bond donors (Lipinski definition) is 2. The summed E-state index contributed by atoms with van der Waals surface area (Å²) in [6.45, 7) is 3.32. The predicted octanol–water partition coefficient (Wildman–Crippen LogP) is 3.25. The first-order valence-electron chi connectivity index (χ1n) is 9.46. The van der Waals surface area contributed by atoms with Crippen molar-refractivity contribution in [3.05, 3.63) is 83.8 Å². The second kappa shape index (κ2) is 9.59. The number of aryl methyl sites for hydroxylation is 1. The van der Waals surface area contributed by atoms with Gasteiger partial charge in [-0.3, -0.25) is 4.79 Å². The Morgan fingerprint density at radius 1 is 1.03 bits per heavy atom. The molecule has 9 heteroatoms. The highest BCUT2D eigenvalue weighted by Gasteiger charge is 2.21. The van der Waals surface area contributed by atoms with E-state index in [-0.39, 0.29) is 17.0 Å². The minimum atomic E-state index is -3.78. The van der Waals surface area contributed by atoms with Crippen LogP contribution in [0, 0.1) is 6.92 Å². The van der Waals surface area contributed by atoms with E-state index in [4.69, 9.17) is 9.15 Å². The Hall–Kier alpha value is -3.43. The number of benzene rings is 2. The van der Waals surface area contributed by atoms with Gasteiger partial charge in [0.2, 0.25) is 10.0 Å². The highest BCUT2D eigenvalue weighted by atomic mass is 32.2. The van der Waals surface area contributed by atoms with Crippen LogP contribution in [0.4, 0.5) is 5.69 Å². The van der Waals surface area contributed by atoms with Gasteiger partial charge >= 0.3 is 5.97 Å². The molecule has 2 aromatic carbocycles. The Morgan fingerprint density at radius 2 is 1.74 bits per heavy atom. The molecule has 0 radical (unpaired) electrons. The third kappa shape index (κ3) is 5.80. The summed E-state index contributed by atoms with van der Waals surface area (Å²) >= 11 is 0. The lowest BCUT2D eigenvalue weighted by atomic mass is 10.2. The lowest BCUT2D eigenvalue weighted by molar-refractivity contribution is -0.123. The summed E-state index contributed by atoms with van der Waals surface area (Å²) in [6.07, 6.45) is 0.414. The van der Waals surface area contributed by atoms with Crippen molar-refractivity contribution < 1.29 is 27.2 Å². The van der Waals surface area contributed by atoms with Gasteiger partial charge in [-0.25, -0.2) is 17.9 Å². The summed E-state index contributed by atoms with van der Waals surface area (Å²) in [4.78, 5) is 24.6. The Morgan fingerprint density at radius 3 is 2.39 bits per heavy atom. The highest BCUT2D eigenvalue weighted by molar-refractivity contribution is 7.89. The number of sulfonamides is 1. The molecule has 0 saturated carbocycles. The van der Waals surface area contributed by atoms with Crippen molar-refractivity contribution in [2.75, 3.05) is 5.32 Å². The van der Waals surface area contributed by atoms with Gasteiger partial charge in [-0.05, 0) is 61.9 Å². The smallest absolute Gasteiger partial charge is 0.338 e. The standard InChI is InChI=1S/C22H22N2O6S/c1-15-6-3-4-8-20(15)24-21(25)16(2)30-22(26)17-9-11-19(12-10-17)31(27,28)23-14-18-7-5-13-29-18/h3-13,16,23H,14H2,1-2H3,(H,24,25)/t16-/m0/s1. The number of anilines is 1. The summed E-state index contributed by atoms with van der Waals surface area (Å²) in [7, 11) is -3.78. The zero-order valence-electron chi connectivity index (χ0n) is 17.0. The number of furan rings is 1. The molecule has 162 valence electrons. The van der Waals surface area contributed by atoms with Crippen LogP contribution >= 0.6 is 0 Å². The molecule has 1 heterocycles. The van der Waals surface area contributed by atoms with Crippen LogP contribution in [0.1, 0.15) is 28.6 Å². The van der Waals surface area contributed by atoms with Crippen LogP contribution in [0.3, 0.4) is 0 Å².